The third-order valence-corrected chi connectivity index (χ3v) is 10.7. The first kappa shape index (κ1) is 27.2. The lowest BCUT2D eigenvalue weighted by atomic mass is 9.79. The van der Waals surface area contributed by atoms with E-state index in [2.05, 4.69) is 172 Å². The van der Waals surface area contributed by atoms with Crippen molar-refractivity contribution in [1.29, 1.82) is 0 Å². The van der Waals surface area contributed by atoms with Crippen LogP contribution < -0.4 is 0 Å². The van der Waals surface area contributed by atoms with Crippen LogP contribution in [0.15, 0.2) is 162 Å². The molecule has 0 atom stereocenters. The second kappa shape index (κ2) is 10.0. The van der Waals surface area contributed by atoms with Crippen LogP contribution in [0.25, 0.3) is 88.0 Å². The zero-order valence-electron chi connectivity index (χ0n) is 26.9. The van der Waals surface area contributed by atoms with E-state index in [-0.39, 0.29) is 5.41 Å². The van der Waals surface area contributed by atoms with Crippen LogP contribution in [0.5, 0.6) is 0 Å². The molecule has 0 saturated heterocycles. The minimum atomic E-state index is -0.176. The minimum Gasteiger partial charge on any atom is -0.456 e. The molecule has 0 amide bonds. The number of benzene rings is 8. The van der Waals surface area contributed by atoms with Crippen LogP contribution in [0.2, 0.25) is 0 Å². The summed E-state index contributed by atoms with van der Waals surface area (Å²) in [4.78, 5) is 0. The summed E-state index contributed by atoms with van der Waals surface area (Å²) in [7, 11) is 0. The predicted molar refractivity (Wildman–Crippen MR) is 203 cm³/mol. The van der Waals surface area contributed by atoms with Crippen LogP contribution >= 0.6 is 0 Å². The van der Waals surface area contributed by atoms with Gasteiger partial charge in [-0.05, 0) is 83.4 Å². The van der Waals surface area contributed by atoms with Gasteiger partial charge in [0.05, 0.1) is 0 Å². The summed E-state index contributed by atoms with van der Waals surface area (Å²) in [6.07, 6.45) is 0. The van der Waals surface area contributed by atoms with Gasteiger partial charge in [-0.15, -0.1) is 0 Å². The monoisotopic (exact) mass is 612 g/mol. The third kappa shape index (κ3) is 3.79. The number of fused-ring (bicyclic) bond motifs is 8. The van der Waals surface area contributed by atoms with E-state index < -0.39 is 0 Å². The average molecular weight is 613 g/mol. The predicted octanol–water partition coefficient (Wildman–Crippen LogP) is 13.2. The summed E-state index contributed by atoms with van der Waals surface area (Å²) in [5.74, 6) is 1.01. The molecule has 48 heavy (non-hydrogen) atoms. The van der Waals surface area contributed by atoms with E-state index in [1.54, 1.807) is 0 Å². The van der Waals surface area contributed by atoms with Gasteiger partial charge in [0.2, 0.25) is 0 Å². The van der Waals surface area contributed by atoms with Crippen molar-refractivity contribution in [2.45, 2.75) is 19.3 Å². The lowest BCUT2D eigenvalue weighted by Crippen LogP contribution is -2.15. The molecular formula is C47H32O. The molecule has 226 valence electrons. The van der Waals surface area contributed by atoms with Crippen molar-refractivity contribution >= 4 is 43.3 Å². The molecule has 0 radical (unpaired) electrons. The van der Waals surface area contributed by atoms with Crippen molar-refractivity contribution < 1.29 is 4.42 Å². The summed E-state index contributed by atoms with van der Waals surface area (Å²) in [6.45, 7) is 4.68. The molecule has 1 nitrogen and oxygen atoms in total. The van der Waals surface area contributed by atoms with Gasteiger partial charge in [-0.3, -0.25) is 0 Å². The maximum absolute atomic E-state index is 6.48. The van der Waals surface area contributed by atoms with Gasteiger partial charge in [0.15, 0.2) is 0 Å². The number of para-hydroxylation sites is 1. The molecule has 1 aromatic heterocycles. The van der Waals surface area contributed by atoms with Gasteiger partial charge >= 0.3 is 0 Å². The molecule has 1 aliphatic carbocycles. The molecule has 8 aromatic carbocycles. The van der Waals surface area contributed by atoms with E-state index in [0.717, 1.165) is 11.3 Å². The fourth-order valence-electron chi connectivity index (χ4n) is 8.45. The van der Waals surface area contributed by atoms with Crippen molar-refractivity contribution in [2.75, 3.05) is 0 Å². The highest BCUT2D eigenvalue weighted by atomic mass is 16.3. The lowest BCUT2D eigenvalue weighted by molar-refractivity contribution is 0.619. The first-order valence-electron chi connectivity index (χ1n) is 16.8. The molecule has 10 rings (SSSR count). The number of hydrogen-bond donors (Lipinski definition) is 0. The molecule has 0 bridgehead atoms. The Morgan fingerprint density at radius 3 is 1.62 bits per heavy atom. The molecule has 0 aliphatic heterocycles. The lowest BCUT2D eigenvalue weighted by Gasteiger charge is -2.23. The Kier molecular flexibility index (Phi) is 5.69. The van der Waals surface area contributed by atoms with Crippen LogP contribution in [0, 0.1) is 0 Å². The number of rotatable bonds is 3. The second-order valence-electron chi connectivity index (χ2n) is 13.6. The molecule has 0 N–H and O–H groups in total. The largest absolute Gasteiger partial charge is 0.456 e. The van der Waals surface area contributed by atoms with E-state index in [1.165, 1.54) is 87.8 Å². The highest BCUT2D eigenvalue weighted by Gasteiger charge is 2.40. The van der Waals surface area contributed by atoms with Gasteiger partial charge in [0, 0.05) is 21.9 Å². The maximum Gasteiger partial charge on any atom is 0.139 e. The van der Waals surface area contributed by atoms with Crippen LogP contribution in [0.3, 0.4) is 0 Å². The number of hydrogen-bond acceptors (Lipinski definition) is 1. The van der Waals surface area contributed by atoms with Crippen molar-refractivity contribution in [3.63, 3.8) is 0 Å². The minimum absolute atomic E-state index is 0.176. The van der Waals surface area contributed by atoms with Gasteiger partial charge in [-0.1, -0.05) is 159 Å². The van der Waals surface area contributed by atoms with Crippen molar-refractivity contribution in [2.24, 2.45) is 0 Å². The summed E-state index contributed by atoms with van der Waals surface area (Å²) < 4.78 is 6.48. The van der Waals surface area contributed by atoms with E-state index >= 15 is 0 Å². The van der Waals surface area contributed by atoms with Gasteiger partial charge in [-0.25, -0.2) is 0 Å². The van der Waals surface area contributed by atoms with Gasteiger partial charge in [-0.2, -0.15) is 0 Å². The van der Waals surface area contributed by atoms with Gasteiger partial charge < -0.3 is 4.42 Å². The zero-order valence-corrected chi connectivity index (χ0v) is 26.9. The topological polar surface area (TPSA) is 13.1 Å². The summed E-state index contributed by atoms with van der Waals surface area (Å²) in [6, 6.07) is 57.6. The third-order valence-electron chi connectivity index (χ3n) is 10.7. The molecule has 0 fully saturated rings. The molecule has 0 unspecified atom stereocenters. The Bertz CT molecular complexity index is 2680. The van der Waals surface area contributed by atoms with E-state index in [4.69, 9.17) is 4.42 Å². The second-order valence-corrected chi connectivity index (χ2v) is 13.6. The van der Waals surface area contributed by atoms with Gasteiger partial charge in [0.1, 0.15) is 11.3 Å². The van der Waals surface area contributed by atoms with E-state index in [9.17, 15) is 0 Å². The van der Waals surface area contributed by atoms with Crippen LogP contribution in [0.1, 0.15) is 25.0 Å². The molecule has 1 aliphatic rings. The fourth-order valence-corrected chi connectivity index (χ4v) is 8.45. The molecule has 9 aromatic rings. The van der Waals surface area contributed by atoms with Crippen LogP contribution in [0.4, 0.5) is 0 Å². The standard InChI is InChI=1S/C47H32O/c1-47(2)41-28-32(26-27-39(41)46-45(47)40-19-9-10-21-42(40)48-46)44-37-17-7-5-15-35(37)43(36-16-6-8-18-38(36)44)31-24-22-30(23-25-31)34-20-11-13-29-12-3-4-14-33(29)34/h3-28H,1-2H3. The first-order valence-corrected chi connectivity index (χ1v) is 16.8. The summed E-state index contributed by atoms with van der Waals surface area (Å²) in [5, 5.41) is 8.82. The summed E-state index contributed by atoms with van der Waals surface area (Å²) in [5.41, 5.74) is 12.1. The van der Waals surface area contributed by atoms with E-state index in [0.29, 0.717) is 0 Å². The molecule has 0 spiro atoms. The Morgan fingerprint density at radius 2 is 0.938 bits per heavy atom. The average Bonchev–Trinajstić information content (AvgIpc) is 3.63. The molecule has 0 saturated carbocycles. The smallest absolute Gasteiger partial charge is 0.139 e. The zero-order chi connectivity index (χ0) is 32.0. The Morgan fingerprint density at radius 1 is 0.417 bits per heavy atom. The van der Waals surface area contributed by atoms with Crippen molar-refractivity contribution in [1.82, 2.24) is 0 Å². The Labute approximate surface area is 279 Å². The molecular weight excluding hydrogens is 581 g/mol. The summed E-state index contributed by atoms with van der Waals surface area (Å²) >= 11 is 0. The fraction of sp³-hybridized carbons (Fsp3) is 0.0638. The number of furan rings is 1. The SMILES string of the molecule is CC1(C)c2cc(-c3c4ccccc4c(-c4ccc(-c5cccc6ccccc56)cc4)c4ccccc34)ccc2-c2oc3ccccc3c21. The van der Waals surface area contributed by atoms with E-state index in [1.807, 2.05) is 0 Å². The highest BCUT2D eigenvalue weighted by Crippen LogP contribution is 2.54. The molecule has 1 heteroatoms. The Balaban J connectivity index is 1.16. The Hall–Kier alpha value is -5.92. The van der Waals surface area contributed by atoms with Crippen LogP contribution in [-0.4, -0.2) is 0 Å². The quantitative estimate of drug-likeness (QED) is 0.181. The van der Waals surface area contributed by atoms with Gasteiger partial charge in [0.25, 0.3) is 0 Å². The normalized spacial score (nSPS) is 13.4. The van der Waals surface area contributed by atoms with Crippen molar-refractivity contribution in [3.05, 3.63) is 169 Å². The maximum atomic E-state index is 6.48. The highest BCUT2D eigenvalue weighted by molar-refractivity contribution is 6.21. The molecule has 1 heterocycles. The van der Waals surface area contributed by atoms with Crippen LogP contribution in [-0.2, 0) is 5.41 Å². The van der Waals surface area contributed by atoms with Crippen molar-refractivity contribution in [3.8, 4) is 44.7 Å². The first-order chi connectivity index (χ1) is 23.6.